The lowest BCUT2D eigenvalue weighted by Gasteiger charge is -2.22. The maximum atomic E-state index is 12.1. The van der Waals surface area contributed by atoms with Gasteiger partial charge in [-0.25, -0.2) is 4.98 Å². The molecule has 1 fully saturated rings. The molecule has 4 rings (SSSR count). The monoisotopic (exact) mass is 403 g/mol. The summed E-state index contributed by atoms with van der Waals surface area (Å²) in [6, 6.07) is 9.13. The smallest absolute Gasteiger partial charge is 0.280 e. The molecule has 11 nitrogen and oxygen atoms in total. The van der Waals surface area contributed by atoms with Gasteiger partial charge in [-0.1, -0.05) is 18.2 Å². The van der Waals surface area contributed by atoms with Gasteiger partial charge in [0.15, 0.2) is 24.2 Å². The van der Waals surface area contributed by atoms with Crippen molar-refractivity contribution in [3.63, 3.8) is 0 Å². The van der Waals surface area contributed by atoms with Crippen LogP contribution in [0.3, 0.4) is 0 Å². The van der Waals surface area contributed by atoms with Crippen molar-refractivity contribution in [3.8, 4) is 5.75 Å². The Morgan fingerprint density at radius 2 is 2.14 bits per heavy atom. The van der Waals surface area contributed by atoms with Gasteiger partial charge in [0.05, 0.1) is 12.9 Å². The quantitative estimate of drug-likeness (QED) is 0.465. The number of nitrogen functional groups attached to an aromatic ring is 1. The van der Waals surface area contributed by atoms with Crippen molar-refractivity contribution in [2.75, 3.05) is 26.2 Å². The average Bonchev–Trinajstić information content (AvgIpc) is 3.25. The number of aromatic amines is 1. The summed E-state index contributed by atoms with van der Waals surface area (Å²) in [5.74, 6) is 0.570. The fraction of sp³-hybridized carbons (Fsp3) is 0.389. The summed E-state index contributed by atoms with van der Waals surface area (Å²) in [4.78, 5) is 22.7. The number of H-pyrrole nitrogens is 1. The Bertz CT molecular complexity index is 1020. The normalized spacial score (nSPS) is 24.2. The molecule has 3 aromatic rings. The number of benzene rings is 1. The molecule has 4 atom stereocenters. The first-order valence-corrected chi connectivity index (χ1v) is 8.92. The second-order valence-corrected chi connectivity index (χ2v) is 6.49. The lowest BCUT2D eigenvalue weighted by atomic mass is 10.1. The Labute approximate surface area is 165 Å². The molecule has 0 aliphatic carbocycles. The van der Waals surface area contributed by atoms with E-state index in [0.29, 0.717) is 5.75 Å². The van der Waals surface area contributed by atoms with Crippen molar-refractivity contribution in [1.82, 2.24) is 19.5 Å². The molecule has 11 heteroatoms. The molecule has 154 valence electrons. The fourth-order valence-corrected chi connectivity index (χ4v) is 3.25. The van der Waals surface area contributed by atoms with Crippen LogP contribution < -0.4 is 16.0 Å². The zero-order chi connectivity index (χ0) is 20.4. The minimum atomic E-state index is -1.00. The van der Waals surface area contributed by atoms with Gasteiger partial charge in [0, 0.05) is 7.11 Å². The Hall–Kier alpha value is -2.99. The number of methoxy groups -OCH3 is 1. The number of nitrogens with two attached hydrogens (primary N) is 1. The van der Waals surface area contributed by atoms with E-state index in [0.717, 1.165) is 0 Å². The van der Waals surface area contributed by atoms with E-state index in [1.54, 1.807) is 12.1 Å². The second-order valence-electron chi connectivity index (χ2n) is 6.49. The van der Waals surface area contributed by atoms with Crippen molar-refractivity contribution in [3.05, 3.63) is 47.0 Å². The summed E-state index contributed by atoms with van der Waals surface area (Å²) in [6.07, 6.45) is -1.89. The lowest BCUT2D eigenvalue weighted by Crippen LogP contribution is -2.36. The highest BCUT2D eigenvalue weighted by atomic mass is 16.7. The Morgan fingerprint density at radius 3 is 2.90 bits per heavy atom. The van der Waals surface area contributed by atoms with Gasteiger partial charge in [0.2, 0.25) is 5.95 Å². The zero-order valence-electron chi connectivity index (χ0n) is 15.6. The summed E-state index contributed by atoms with van der Waals surface area (Å²) >= 11 is 0. The fourth-order valence-electron chi connectivity index (χ4n) is 3.25. The van der Waals surface area contributed by atoms with Crippen molar-refractivity contribution in [2.24, 2.45) is 0 Å². The molecule has 4 unspecified atom stereocenters. The standard InChI is InChI=1S/C18H21N5O6/c1-26-7-11-13(24)14(28-9-27-10-5-3-2-4-6-10)17(29-11)23-8-20-12-15(23)21-18(19)22-16(12)25/h2-6,8,11,13-14,17,24H,7,9H2,1H3,(H3,19,21,22,25). The highest BCUT2D eigenvalue weighted by molar-refractivity contribution is 5.70. The van der Waals surface area contributed by atoms with Crippen LogP contribution in [0, 0.1) is 0 Å². The Morgan fingerprint density at radius 1 is 1.34 bits per heavy atom. The number of nitrogens with one attached hydrogen (secondary N) is 1. The van der Waals surface area contributed by atoms with E-state index in [1.165, 1.54) is 18.0 Å². The largest absolute Gasteiger partial charge is 0.468 e. The molecule has 4 N–H and O–H groups in total. The number of anilines is 1. The van der Waals surface area contributed by atoms with Crippen molar-refractivity contribution in [1.29, 1.82) is 0 Å². The van der Waals surface area contributed by atoms with Crippen molar-refractivity contribution < 1.29 is 24.1 Å². The van der Waals surface area contributed by atoms with Crippen LogP contribution in [0.1, 0.15) is 6.23 Å². The molecular formula is C18H21N5O6. The molecule has 0 radical (unpaired) electrons. The lowest BCUT2D eigenvalue weighted by molar-refractivity contribution is -0.108. The summed E-state index contributed by atoms with van der Waals surface area (Å²) in [5.41, 5.74) is 5.52. The summed E-state index contributed by atoms with van der Waals surface area (Å²) in [5, 5.41) is 10.7. The first-order chi connectivity index (χ1) is 14.1. The number of fused-ring (bicyclic) bond motifs is 1. The Kier molecular flexibility index (Phi) is 5.45. The molecule has 1 saturated heterocycles. The van der Waals surface area contributed by atoms with Crippen LogP contribution in [0.5, 0.6) is 5.75 Å². The van der Waals surface area contributed by atoms with Gasteiger partial charge < -0.3 is 29.8 Å². The van der Waals surface area contributed by atoms with Crippen LogP contribution in [0.2, 0.25) is 0 Å². The van der Waals surface area contributed by atoms with E-state index in [-0.39, 0.29) is 30.5 Å². The molecule has 3 heterocycles. The number of aliphatic hydroxyl groups excluding tert-OH is 1. The number of para-hydroxylation sites is 1. The van der Waals surface area contributed by atoms with Crippen LogP contribution in [-0.4, -0.2) is 63.4 Å². The number of hydrogen-bond acceptors (Lipinski definition) is 9. The van der Waals surface area contributed by atoms with Crippen molar-refractivity contribution >= 4 is 17.1 Å². The van der Waals surface area contributed by atoms with Gasteiger partial charge in [-0.05, 0) is 12.1 Å². The van der Waals surface area contributed by atoms with Gasteiger partial charge in [-0.3, -0.25) is 14.3 Å². The number of nitrogens with zero attached hydrogens (tertiary/aromatic N) is 3. The van der Waals surface area contributed by atoms with Gasteiger partial charge in [-0.2, -0.15) is 4.98 Å². The zero-order valence-corrected chi connectivity index (χ0v) is 15.6. The molecule has 1 aliphatic heterocycles. The average molecular weight is 403 g/mol. The summed E-state index contributed by atoms with van der Waals surface area (Å²) in [7, 11) is 1.51. The van der Waals surface area contributed by atoms with E-state index in [9.17, 15) is 9.90 Å². The highest BCUT2D eigenvalue weighted by Gasteiger charge is 2.46. The molecule has 0 amide bonds. The number of aliphatic hydroxyl groups is 1. The maximum absolute atomic E-state index is 12.1. The van der Waals surface area contributed by atoms with Crippen molar-refractivity contribution in [2.45, 2.75) is 24.5 Å². The topological polar surface area (TPSA) is 147 Å². The second kappa shape index (κ2) is 8.17. The van der Waals surface area contributed by atoms with Gasteiger partial charge in [0.25, 0.3) is 5.56 Å². The Balaban J connectivity index is 1.60. The number of aromatic nitrogens is 4. The van der Waals surface area contributed by atoms with E-state index < -0.39 is 30.1 Å². The third-order valence-electron chi connectivity index (χ3n) is 4.60. The van der Waals surface area contributed by atoms with Crippen LogP contribution in [0.15, 0.2) is 41.5 Å². The van der Waals surface area contributed by atoms with Crippen LogP contribution in [0.4, 0.5) is 5.95 Å². The van der Waals surface area contributed by atoms with E-state index in [2.05, 4.69) is 15.0 Å². The highest BCUT2D eigenvalue weighted by Crippen LogP contribution is 2.33. The maximum Gasteiger partial charge on any atom is 0.280 e. The van der Waals surface area contributed by atoms with E-state index in [1.807, 2.05) is 18.2 Å². The molecule has 1 aliphatic rings. The molecule has 0 saturated carbocycles. The molecule has 29 heavy (non-hydrogen) atoms. The molecule has 0 spiro atoms. The third kappa shape index (κ3) is 3.80. The summed E-state index contributed by atoms with van der Waals surface area (Å²) in [6.45, 7) is 0.0356. The van der Waals surface area contributed by atoms with E-state index >= 15 is 0 Å². The van der Waals surface area contributed by atoms with Crippen LogP contribution in [0.25, 0.3) is 11.2 Å². The van der Waals surface area contributed by atoms with E-state index in [4.69, 9.17) is 24.7 Å². The third-order valence-corrected chi connectivity index (χ3v) is 4.60. The minimum absolute atomic E-state index is 0.0545. The number of ether oxygens (including phenoxy) is 4. The van der Waals surface area contributed by atoms with Gasteiger partial charge in [-0.15, -0.1) is 0 Å². The first kappa shape index (κ1) is 19.3. The first-order valence-electron chi connectivity index (χ1n) is 8.92. The number of rotatable bonds is 7. The molecule has 0 bridgehead atoms. The van der Waals surface area contributed by atoms with Crippen LogP contribution in [-0.2, 0) is 14.2 Å². The van der Waals surface area contributed by atoms with Gasteiger partial charge in [0.1, 0.15) is 24.1 Å². The SMILES string of the molecule is COCC1OC(n2cnc3c(=O)[nH]c(N)nc32)C(OCOc2ccccc2)C1O. The predicted molar refractivity (Wildman–Crippen MR) is 101 cm³/mol. The van der Waals surface area contributed by atoms with Crippen LogP contribution >= 0.6 is 0 Å². The molecule has 2 aromatic heterocycles. The van der Waals surface area contributed by atoms with Gasteiger partial charge >= 0.3 is 0 Å². The minimum Gasteiger partial charge on any atom is -0.468 e. The number of imidazole rings is 1. The number of hydrogen-bond donors (Lipinski definition) is 3. The molecule has 1 aromatic carbocycles. The summed E-state index contributed by atoms with van der Waals surface area (Å²) < 4.78 is 23.9. The predicted octanol–water partition coefficient (Wildman–Crippen LogP) is 0.0282. The molecular weight excluding hydrogens is 382 g/mol.